The maximum Gasteiger partial charge on any atom is 0.409 e. The third-order valence-electron chi connectivity index (χ3n) is 11.0. The van der Waals surface area contributed by atoms with Gasteiger partial charge in [-0.3, -0.25) is 14.5 Å². The Balaban J connectivity index is 1.10. The van der Waals surface area contributed by atoms with E-state index in [0.29, 0.717) is 16.3 Å². The number of anilines is 1. The normalized spacial score (nSPS) is 16.4. The number of oxime groups is 1. The molecule has 1 saturated heterocycles. The van der Waals surface area contributed by atoms with Crippen LogP contribution in [-0.4, -0.2) is 74.9 Å². The predicted molar refractivity (Wildman–Crippen MR) is 261 cm³/mol. The Morgan fingerprint density at radius 1 is 0.800 bits per heavy atom. The van der Waals surface area contributed by atoms with Gasteiger partial charge in [-0.1, -0.05) is 163 Å². The predicted octanol–water partition coefficient (Wildman–Crippen LogP) is 9.71. The van der Waals surface area contributed by atoms with Crippen molar-refractivity contribution in [2.75, 3.05) is 17.7 Å². The Morgan fingerprint density at radius 3 is 1.81 bits per heavy atom. The van der Waals surface area contributed by atoms with Crippen LogP contribution in [0.3, 0.4) is 0 Å². The van der Waals surface area contributed by atoms with E-state index in [1.54, 1.807) is 86.8 Å². The van der Waals surface area contributed by atoms with Gasteiger partial charge >= 0.3 is 18.1 Å². The van der Waals surface area contributed by atoms with Gasteiger partial charge in [0.1, 0.15) is 33.9 Å². The Kier molecular flexibility index (Phi) is 14.7. The van der Waals surface area contributed by atoms with Gasteiger partial charge in [-0.25, -0.2) is 14.6 Å². The average molecular weight is 986 g/mol. The fraction of sp³-hybridized carbons (Fsp3) is 0.208. The van der Waals surface area contributed by atoms with Gasteiger partial charge in [0.15, 0.2) is 16.9 Å². The molecule has 0 saturated carbocycles. The van der Waals surface area contributed by atoms with E-state index < -0.39 is 70.9 Å². The number of esters is 2. The summed E-state index contributed by atoms with van der Waals surface area (Å²) < 4.78 is 52.2. The van der Waals surface area contributed by atoms with Crippen molar-refractivity contribution in [1.29, 1.82) is 0 Å². The zero-order valence-electron chi connectivity index (χ0n) is 38.0. The number of carbonyl (C=O) groups excluding carboxylic acids is 4. The first-order valence-electron chi connectivity index (χ1n) is 22.0. The van der Waals surface area contributed by atoms with Crippen LogP contribution in [0.15, 0.2) is 186 Å². The molecule has 3 heterocycles. The average Bonchev–Trinajstić information content (AvgIpc) is 3.82. The van der Waals surface area contributed by atoms with E-state index in [1.807, 2.05) is 91.0 Å². The van der Waals surface area contributed by atoms with Gasteiger partial charge in [0, 0.05) is 17.2 Å². The van der Waals surface area contributed by atoms with Gasteiger partial charge < -0.3 is 24.9 Å². The van der Waals surface area contributed by atoms with E-state index in [9.17, 15) is 32.3 Å². The topological polar surface area (TPSA) is 149 Å². The number of ether oxygens (including phenoxy) is 2. The molecule has 2 aliphatic rings. The molecule has 0 bridgehead atoms. The monoisotopic (exact) mass is 985 g/mol. The molecule has 0 aliphatic carbocycles. The molecule has 0 radical (unpaired) electrons. The van der Waals surface area contributed by atoms with Crippen molar-refractivity contribution in [1.82, 2.24) is 15.2 Å². The van der Waals surface area contributed by atoms with Crippen LogP contribution in [0.4, 0.5) is 18.3 Å². The standard InChI is InChI=1S/C53H46F3N5O7S2/c1-51(2,3)68-41(62)31-66-60-42(40-33-70-50(57-40)59-53(37-23-13-6-14-24-37,38-25-15-7-16-26-38)39-27-17-8-18-28-39)46(63)58-43-47(64)61-44(36(32-69-48(43)61)29-30-52(54,55)56)49(65)67-45(34-19-9-4-10-20-34)35-21-11-5-12-22-35/h4-30,33,43,45,48H,31-32H2,1-3H3,(H,57,59)(H,58,63)/t43?,48-/m0/s1. The van der Waals surface area contributed by atoms with Crippen LogP contribution in [0.25, 0.3) is 0 Å². The number of alkyl halides is 3. The number of thioether (sulfide) groups is 1. The second kappa shape index (κ2) is 21.0. The third-order valence-corrected chi connectivity index (χ3v) is 13.1. The Morgan fingerprint density at radius 2 is 1.31 bits per heavy atom. The molecule has 12 nitrogen and oxygen atoms in total. The number of thiazole rings is 1. The first-order valence-corrected chi connectivity index (χ1v) is 23.9. The molecule has 8 rings (SSSR count). The zero-order valence-corrected chi connectivity index (χ0v) is 39.6. The lowest BCUT2D eigenvalue weighted by molar-refractivity contribution is -0.160. The van der Waals surface area contributed by atoms with E-state index in [1.165, 1.54) is 11.3 Å². The Labute approximate surface area is 410 Å². The number of hydrogen-bond acceptors (Lipinski definition) is 12. The highest BCUT2D eigenvalue weighted by Crippen LogP contribution is 2.43. The molecule has 2 amide bonds. The van der Waals surface area contributed by atoms with Crippen LogP contribution in [-0.2, 0) is 39.0 Å². The van der Waals surface area contributed by atoms with Crippen LogP contribution >= 0.6 is 23.1 Å². The molecule has 5 aromatic carbocycles. The third kappa shape index (κ3) is 11.2. The number of benzene rings is 5. The lowest BCUT2D eigenvalue weighted by atomic mass is 9.77. The fourth-order valence-corrected chi connectivity index (χ4v) is 10.1. The number of nitrogens with one attached hydrogen (secondary N) is 2. The highest BCUT2D eigenvalue weighted by atomic mass is 32.2. The molecule has 17 heteroatoms. The summed E-state index contributed by atoms with van der Waals surface area (Å²) in [6.07, 6.45) is -4.96. The number of nitrogens with zero attached hydrogens (tertiary/aromatic N) is 3. The van der Waals surface area contributed by atoms with E-state index in [-0.39, 0.29) is 28.8 Å². The molecule has 1 unspecified atom stereocenters. The second-order valence-electron chi connectivity index (χ2n) is 17.0. The molecule has 0 spiro atoms. The van der Waals surface area contributed by atoms with Crippen molar-refractivity contribution in [3.63, 3.8) is 0 Å². The molecule has 2 aliphatic heterocycles. The molecule has 1 fully saturated rings. The lowest BCUT2D eigenvalue weighted by Gasteiger charge is -2.49. The van der Waals surface area contributed by atoms with E-state index >= 15 is 0 Å². The number of aromatic nitrogens is 1. The maximum absolute atomic E-state index is 14.5. The number of allylic oxidation sites excluding steroid dienone is 2. The van der Waals surface area contributed by atoms with Crippen molar-refractivity contribution < 1.29 is 46.7 Å². The summed E-state index contributed by atoms with van der Waals surface area (Å²) in [6, 6.07) is 45.6. The number of hydrogen-bond donors (Lipinski definition) is 2. The smallest absolute Gasteiger partial charge is 0.409 e. The summed E-state index contributed by atoms with van der Waals surface area (Å²) >= 11 is 2.22. The number of halogens is 3. The summed E-state index contributed by atoms with van der Waals surface area (Å²) in [5, 5.41) is 11.4. The van der Waals surface area contributed by atoms with E-state index in [2.05, 4.69) is 15.8 Å². The summed E-state index contributed by atoms with van der Waals surface area (Å²) in [6.45, 7) is 4.37. The number of amides is 2. The minimum absolute atomic E-state index is 0.00746. The first kappa shape index (κ1) is 48.9. The van der Waals surface area contributed by atoms with Gasteiger partial charge in [0.25, 0.3) is 11.8 Å². The van der Waals surface area contributed by atoms with Gasteiger partial charge in [0.05, 0.1) is 0 Å². The molecule has 70 heavy (non-hydrogen) atoms. The Bertz CT molecular complexity index is 2780. The van der Waals surface area contributed by atoms with E-state index in [0.717, 1.165) is 39.4 Å². The van der Waals surface area contributed by atoms with Gasteiger partial charge in [-0.05, 0) is 54.2 Å². The number of β-lactam (4-membered cyclic amide) rings is 1. The quantitative estimate of drug-likeness (QED) is 0.0316. The fourth-order valence-electron chi connectivity index (χ4n) is 8.02. The van der Waals surface area contributed by atoms with E-state index in [4.69, 9.17) is 19.3 Å². The second-order valence-corrected chi connectivity index (χ2v) is 19.0. The van der Waals surface area contributed by atoms with Crippen molar-refractivity contribution in [2.45, 2.75) is 55.6 Å². The molecule has 6 aromatic rings. The Hall–Kier alpha value is -7.50. The highest BCUT2D eigenvalue weighted by Gasteiger charge is 2.55. The van der Waals surface area contributed by atoms with Gasteiger partial charge in [-0.15, -0.1) is 23.1 Å². The molecule has 2 atom stereocenters. The highest BCUT2D eigenvalue weighted by molar-refractivity contribution is 8.00. The summed E-state index contributed by atoms with van der Waals surface area (Å²) in [5.74, 6) is -3.67. The molecule has 2 N–H and O–H groups in total. The first-order chi connectivity index (χ1) is 33.6. The number of rotatable bonds is 16. The summed E-state index contributed by atoms with van der Waals surface area (Å²) in [5.41, 5.74) is 1.14. The molecular weight excluding hydrogens is 940 g/mol. The zero-order chi connectivity index (χ0) is 49.5. The van der Waals surface area contributed by atoms with Crippen LogP contribution in [0.2, 0.25) is 0 Å². The maximum atomic E-state index is 14.5. The van der Waals surface area contributed by atoms with Gasteiger partial charge in [0.2, 0.25) is 6.61 Å². The van der Waals surface area contributed by atoms with Crippen LogP contribution < -0.4 is 10.6 Å². The SMILES string of the molecule is CC(C)(C)OC(=O)CON=C(C(=O)NC1C(=O)N2C(C(=O)OC(c3ccccc3)c3ccccc3)=C(C=CC(F)(F)F)CS[C@@H]12)c1csc(NC(c2ccccc2)(c2ccccc2)c2ccccc2)n1. The largest absolute Gasteiger partial charge is 0.457 e. The van der Waals surface area contributed by atoms with Gasteiger partial charge in [-0.2, -0.15) is 13.2 Å². The molecule has 1 aromatic heterocycles. The summed E-state index contributed by atoms with van der Waals surface area (Å²) in [7, 11) is 0. The minimum atomic E-state index is -4.73. The minimum Gasteiger partial charge on any atom is -0.457 e. The van der Waals surface area contributed by atoms with Crippen LogP contribution in [0, 0.1) is 0 Å². The van der Waals surface area contributed by atoms with Crippen molar-refractivity contribution in [2.24, 2.45) is 5.16 Å². The van der Waals surface area contributed by atoms with Crippen LogP contribution in [0.5, 0.6) is 0 Å². The van der Waals surface area contributed by atoms with Crippen molar-refractivity contribution in [3.8, 4) is 0 Å². The summed E-state index contributed by atoms with van der Waals surface area (Å²) in [4.78, 5) is 67.0. The van der Waals surface area contributed by atoms with Crippen molar-refractivity contribution in [3.05, 3.63) is 214 Å². The number of carbonyl (C=O) groups is 4. The lowest BCUT2D eigenvalue weighted by Crippen LogP contribution is -2.71. The number of fused-ring (bicyclic) bond motifs is 1. The molecular formula is C53H46F3N5O7S2. The van der Waals surface area contributed by atoms with Crippen LogP contribution in [0.1, 0.15) is 60.4 Å². The van der Waals surface area contributed by atoms with Crippen molar-refractivity contribution >= 4 is 57.7 Å². The molecule has 358 valence electrons.